The monoisotopic (exact) mass is 272 g/mol. The molecule has 1 aromatic carbocycles. The van der Waals surface area contributed by atoms with Crippen LogP contribution in [0.3, 0.4) is 0 Å². The molecule has 0 amide bonds. The fraction of sp³-hybridized carbons (Fsp3) is 0.375. The Labute approximate surface area is 118 Å². The Morgan fingerprint density at radius 1 is 1.25 bits per heavy atom. The maximum Gasteiger partial charge on any atom is 0.254 e. The highest BCUT2D eigenvalue weighted by Crippen LogP contribution is 2.23. The van der Waals surface area contributed by atoms with Crippen LogP contribution in [-0.2, 0) is 0 Å². The first-order chi connectivity index (χ1) is 9.52. The minimum Gasteiger partial charge on any atom is -0.494 e. The molecule has 1 heterocycles. The lowest BCUT2D eigenvalue weighted by molar-refractivity contribution is 0.340. The fourth-order valence-electron chi connectivity index (χ4n) is 1.98. The van der Waals surface area contributed by atoms with E-state index in [4.69, 9.17) is 4.74 Å². The summed E-state index contributed by atoms with van der Waals surface area (Å²) in [6, 6.07) is 7.67. The number of hydrogen-bond donors (Lipinski definition) is 1. The van der Waals surface area contributed by atoms with Gasteiger partial charge in [-0.1, -0.05) is 13.8 Å². The maximum absolute atomic E-state index is 12.0. The van der Waals surface area contributed by atoms with Gasteiger partial charge in [0.15, 0.2) is 0 Å². The van der Waals surface area contributed by atoms with Gasteiger partial charge in [0.2, 0.25) is 0 Å². The molecule has 0 bridgehead atoms. The number of rotatable bonds is 4. The van der Waals surface area contributed by atoms with Crippen LogP contribution in [0.4, 0.5) is 0 Å². The van der Waals surface area contributed by atoms with Crippen molar-refractivity contribution in [1.29, 1.82) is 0 Å². The van der Waals surface area contributed by atoms with Gasteiger partial charge >= 0.3 is 0 Å². The molecule has 1 aromatic heterocycles. The number of nitrogens with zero attached hydrogens (tertiary/aromatic N) is 1. The average Bonchev–Trinajstić information content (AvgIpc) is 2.43. The largest absolute Gasteiger partial charge is 0.494 e. The SMILES string of the molecule is CCOc1ccc(-c2nc(C(C)C)[nH]c(=O)c2C)cc1. The van der Waals surface area contributed by atoms with Crippen LogP contribution < -0.4 is 10.3 Å². The zero-order chi connectivity index (χ0) is 14.7. The van der Waals surface area contributed by atoms with Gasteiger partial charge in [0, 0.05) is 17.0 Å². The standard InChI is InChI=1S/C16H20N2O2/c1-5-20-13-8-6-12(7-9-13)14-11(4)16(19)18-15(17-14)10(2)3/h6-10H,5H2,1-4H3,(H,17,18,19). The molecule has 0 fully saturated rings. The first kappa shape index (κ1) is 14.3. The van der Waals surface area contributed by atoms with Crippen LogP contribution in [0.5, 0.6) is 5.75 Å². The summed E-state index contributed by atoms with van der Waals surface area (Å²) in [4.78, 5) is 19.4. The molecular weight excluding hydrogens is 252 g/mol. The summed E-state index contributed by atoms with van der Waals surface area (Å²) in [6.45, 7) is 8.40. The number of benzene rings is 1. The van der Waals surface area contributed by atoms with Crippen molar-refractivity contribution in [2.45, 2.75) is 33.6 Å². The van der Waals surface area contributed by atoms with Gasteiger partial charge in [-0.3, -0.25) is 4.79 Å². The minimum atomic E-state index is -0.0763. The molecule has 0 aliphatic rings. The van der Waals surface area contributed by atoms with Crippen molar-refractivity contribution < 1.29 is 4.74 Å². The first-order valence-corrected chi connectivity index (χ1v) is 6.87. The van der Waals surface area contributed by atoms with Crippen molar-refractivity contribution in [2.24, 2.45) is 0 Å². The van der Waals surface area contributed by atoms with E-state index in [0.717, 1.165) is 17.0 Å². The summed E-state index contributed by atoms with van der Waals surface area (Å²) >= 11 is 0. The van der Waals surface area contributed by atoms with Crippen molar-refractivity contribution in [1.82, 2.24) is 9.97 Å². The number of aromatic nitrogens is 2. The Bertz CT molecular complexity index is 643. The molecular formula is C16H20N2O2. The highest BCUT2D eigenvalue weighted by molar-refractivity contribution is 5.63. The number of ether oxygens (including phenoxy) is 1. The fourth-order valence-corrected chi connectivity index (χ4v) is 1.98. The molecule has 0 saturated heterocycles. The van der Waals surface area contributed by atoms with Crippen LogP contribution in [-0.4, -0.2) is 16.6 Å². The Hall–Kier alpha value is -2.10. The van der Waals surface area contributed by atoms with Crippen molar-refractivity contribution in [3.63, 3.8) is 0 Å². The second-order valence-electron chi connectivity index (χ2n) is 5.04. The van der Waals surface area contributed by atoms with Gasteiger partial charge in [-0.15, -0.1) is 0 Å². The summed E-state index contributed by atoms with van der Waals surface area (Å²) in [5.74, 6) is 1.72. The lowest BCUT2D eigenvalue weighted by Crippen LogP contribution is -2.16. The Morgan fingerprint density at radius 3 is 2.45 bits per heavy atom. The summed E-state index contributed by atoms with van der Waals surface area (Å²) in [6.07, 6.45) is 0. The van der Waals surface area contributed by atoms with Crippen LogP contribution >= 0.6 is 0 Å². The van der Waals surface area contributed by atoms with Gasteiger partial charge in [0.1, 0.15) is 11.6 Å². The molecule has 0 unspecified atom stereocenters. The van der Waals surface area contributed by atoms with E-state index in [1.807, 2.05) is 45.0 Å². The van der Waals surface area contributed by atoms with E-state index in [1.165, 1.54) is 0 Å². The summed E-state index contributed by atoms with van der Waals surface area (Å²) in [5.41, 5.74) is 2.23. The maximum atomic E-state index is 12.0. The lowest BCUT2D eigenvalue weighted by Gasteiger charge is -2.10. The van der Waals surface area contributed by atoms with E-state index >= 15 is 0 Å². The molecule has 0 aliphatic carbocycles. The van der Waals surface area contributed by atoms with Crippen molar-refractivity contribution in [2.75, 3.05) is 6.61 Å². The molecule has 0 atom stereocenters. The van der Waals surface area contributed by atoms with Gasteiger partial charge in [0.05, 0.1) is 12.3 Å². The summed E-state index contributed by atoms with van der Waals surface area (Å²) in [5, 5.41) is 0. The van der Waals surface area contributed by atoms with E-state index in [2.05, 4.69) is 9.97 Å². The van der Waals surface area contributed by atoms with E-state index in [-0.39, 0.29) is 11.5 Å². The van der Waals surface area contributed by atoms with Crippen molar-refractivity contribution in [3.8, 4) is 17.0 Å². The predicted octanol–water partition coefficient (Wildman–Crippen LogP) is 3.27. The van der Waals surface area contributed by atoms with Gasteiger partial charge in [0.25, 0.3) is 5.56 Å². The molecule has 2 aromatic rings. The molecule has 0 radical (unpaired) electrons. The molecule has 0 aliphatic heterocycles. The first-order valence-electron chi connectivity index (χ1n) is 6.87. The number of hydrogen-bond acceptors (Lipinski definition) is 3. The number of nitrogens with one attached hydrogen (secondary N) is 1. The van der Waals surface area contributed by atoms with E-state index < -0.39 is 0 Å². The molecule has 106 valence electrons. The molecule has 0 spiro atoms. The molecule has 20 heavy (non-hydrogen) atoms. The quantitative estimate of drug-likeness (QED) is 0.929. The van der Waals surface area contributed by atoms with Crippen LogP contribution in [0.25, 0.3) is 11.3 Å². The van der Waals surface area contributed by atoms with Gasteiger partial charge in [-0.05, 0) is 38.1 Å². The Morgan fingerprint density at radius 2 is 1.90 bits per heavy atom. The molecule has 2 rings (SSSR count). The second kappa shape index (κ2) is 5.90. The number of aromatic amines is 1. The normalized spacial score (nSPS) is 10.8. The van der Waals surface area contributed by atoms with Gasteiger partial charge in [-0.2, -0.15) is 0 Å². The third kappa shape index (κ3) is 2.90. The van der Waals surface area contributed by atoms with Crippen molar-refractivity contribution in [3.05, 3.63) is 46.0 Å². The predicted molar refractivity (Wildman–Crippen MR) is 80.3 cm³/mol. The number of H-pyrrole nitrogens is 1. The van der Waals surface area contributed by atoms with Crippen LogP contribution in [0, 0.1) is 6.92 Å². The Balaban J connectivity index is 2.48. The van der Waals surface area contributed by atoms with Crippen LogP contribution in [0.15, 0.2) is 29.1 Å². The molecule has 1 N–H and O–H groups in total. The topological polar surface area (TPSA) is 55.0 Å². The summed E-state index contributed by atoms with van der Waals surface area (Å²) in [7, 11) is 0. The highest BCUT2D eigenvalue weighted by Gasteiger charge is 2.11. The zero-order valence-corrected chi connectivity index (χ0v) is 12.4. The lowest BCUT2D eigenvalue weighted by atomic mass is 10.1. The van der Waals surface area contributed by atoms with E-state index in [9.17, 15) is 4.79 Å². The third-order valence-electron chi connectivity index (χ3n) is 3.16. The molecule has 0 saturated carbocycles. The van der Waals surface area contributed by atoms with Crippen molar-refractivity contribution >= 4 is 0 Å². The molecule has 4 nitrogen and oxygen atoms in total. The smallest absolute Gasteiger partial charge is 0.254 e. The van der Waals surface area contributed by atoms with E-state index in [1.54, 1.807) is 6.92 Å². The van der Waals surface area contributed by atoms with Crippen LogP contribution in [0.2, 0.25) is 0 Å². The van der Waals surface area contributed by atoms with E-state index in [0.29, 0.717) is 18.0 Å². The zero-order valence-electron chi connectivity index (χ0n) is 12.4. The van der Waals surface area contributed by atoms with Gasteiger partial charge < -0.3 is 9.72 Å². The third-order valence-corrected chi connectivity index (χ3v) is 3.16. The average molecular weight is 272 g/mol. The summed E-state index contributed by atoms with van der Waals surface area (Å²) < 4.78 is 5.42. The second-order valence-corrected chi connectivity index (χ2v) is 5.04. The molecule has 4 heteroatoms. The Kier molecular flexibility index (Phi) is 4.23. The minimum absolute atomic E-state index is 0.0763. The van der Waals surface area contributed by atoms with Gasteiger partial charge in [-0.25, -0.2) is 4.98 Å². The van der Waals surface area contributed by atoms with Crippen LogP contribution in [0.1, 0.15) is 38.1 Å². The highest BCUT2D eigenvalue weighted by atomic mass is 16.5.